The number of carbonyl (C=O) groups is 1. The molecular formula is C18H28N8O4. The molecule has 3 heterocycles. The van der Waals surface area contributed by atoms with Gasteiger partial charge in [0.05, 0.1) is 25.6 Å². The number of hydrogen-bond acceptors (Lipinski definition) is 9. The highest BCUT2D eigenvalue weighted by atomic mass is 16.4. The third-order valence-electron chi connectivity index (χ3n) is 4.32. The molecule has 1 unspecified atom stereocenters. The average Bonchev–Trinajstić information content (AvgIpc) is 3.29. The first-order chi connectivity index (χ1) is 14.2. The number of anilines is 1. The summed E-state index contributed by atoms with van der Waals surface area (Å²) in [5.41, 5.74) is 7.71. The Bertz CT molecular complexity index is 955. The Morgan fingerprint density at radius 1 is 1.33 bits per heavy atom. The summed E-state index contributed by atoms with van der Waals surface area (Å²) in [6, 6.07) is 1.73. The lowest BCUT2D eigenvalue weighted by molar-refractivity contribution is 0.0689. The minimum absolute atomic E-state index is 0.0625. The number of aliphatic hydroxyl groups excluding tert-OH is 2. The van der Waals surface area contributed by atoms with E-state index < -0.39 is 12.1 Å². The van der Waals surface area contributed by atoms with Gasteiger partial charge in [-0.05, 0) is 26.8 Å². The Hall–Kier alpha value is -3.09. The number of aliphatic hydroxyl groups is 2. The number of nitrogen functional groups attached to an aromatic ring is 1. The monoisotopic (exact) mass is 420 g/mol. The van der Waals surface area contributed by atoms with Crippen molar-refractivity contribution in [3.63, 3.8) is 0 Å². The zero-order chi connectivity index (χ0) is 22.3. The van der Waals surface area contributed by atoms with Gasteiger partial charge in [0.25, 0.3) is 0 Å². The summed E-state index contributed by atoms with van der Waals surface area (Å²) in [7, 11) is 0. The number of carboxylic acid groups (broad SMARTS) is 1. The molecule has 164 valence electrons. The van der Waals surface area contributed by atoms with E-state index in [0.29, 0.717) is 36.6 Å². The van der Waals surface area contributed by atoms with Crippen LogP contribution in [-0.2, 0) is 6.54 Å². The van der Waals surface area contributed by atoms with Crippen LogP contribution in [0.5, 0.6) is 0 Å². The first-order valence-electron chi connectivity index (χ1n) is 9.42. The number of aromatic nitrogens is 6. The minimum atomic E-state index is -1.00. The first kappa shape index (κ1) is 23.2. The smallest absolute Gasteiger partial charge is 0.356 e. The van der Waals surface area contributed by atoms with E-state index >= 15 is 0 Å². The number of nitrogens with zero attached hydrogens (tertiary/aromatic N) is 6. The van der Waals surface area contributed by atoms with Gasteiger partial charge in [0.1, 0.15) is 11.8 Å². The topological polar surface area (TPSA) is 179 Å². The fourth-order valence-electron chi connectivity index (χ4n) is 2.80. The molecule has 0 spiro atoms. The molecule has 3 aromatic rings. The van der Waals surface area contributed by atoms with Crippen LogP contribution in [-0.4, -0.2) is 87.7 Å². The van der Waals surface area contributed by atoms with Gasteiger partial charge < -0.3 is 25.6 Å². The van der Waals surface area contributed by atoms with Crippen molar-refractivity contribution in [3.05, 3.63) is 30.1 Å². The molecule has 30 heavy (non-hydrogen) atoms. The van der Waals surface area contributed by atoms with E-state index in [2.05, 4.69) is 25.1 Å². The van der Waals surface area contributed by atoms with E-state index in [4.69, 9.17) is 15.9 Å². The lowest BCUT2D eigenvalue weighted by atomic mass is 10.2. The minimum Gasteiger partial charge on any atom is -0.476 e. The Balaban J connectivity index is 0.000000297. The van der Waals surface area contributed by atoms with Gasteiger partial charge in [-0.15, -0.1) is 0 Å². The highest BCUT2D eigenvalue weighted by Gasteiger charge is 2.16. The number of aromatic carboxylic acids is 1. The molecule has 0 radical (unpaired) electrons. The third-order valence-corrected chi connectivity index (χ3v) is 4.32. The van der Waals surface area contributed by atoms with Gasteiger partial charge in [0.15, 0.2) is 17.2 Å². The second-order valence-corrected chi connectivity index (χ2v) is 7.04. The lowest BCUT2D eigenvalue weighted by Crippen LogP contribution is -2.40. The van der Waals surface area contributed by atoms with Crippen molar-refractivity contribution in [1.82, 2.24) is 34.6 Å². The second-order valence-electron chi connectivity index (χ2n) is 7.04. The van der Waals surface area contributed by atoms with Crippen LogP contribution >= 0.6 is 0 Å². The molecule has 0 amide bonds. The molecule has 0 saturated carbocycles. The maximum Gasteiger partial charge on any atom is 0.356 e. The van der Waals surface area contributed by atoms with Gasteiger partial charge in [-0.2, -0.15) is 5.10 Å². The average molecular weight is 420 g/mol. The Morgan fingerprint density at radius 2 is 2.07 bits per heavy atom. The highest BCUT2D eigenvalue weighted by molar-refractivity contribution is 5.85. The number of fused-ring (bicyclic) bond motifs is 1. The molecule has 6 N–H and O–H groups in total. The van der Waals surface area contributed by atoms with Gasteiger partial charge in [-0.1, -0.05) is 0 Å². The van der Waals surface area contributed by atoms with Crippen LogP contribution in [0.25, 0.3) is 11.2 Å². The number of aryl methyl sites for hydroxylation is 1. The van der Waals surface area contributed by atoms with E-state index in [9.17, 15) is 9.90 Å². The van der Waals surface area contributed by atoms with Gasteiger partial charge in [-0.3, -0.25) is 10.00 Å². The van der Waals surface area contributed by atoms with Crippen molar-refractivity contribution in [1.29, 1.82) is 0 Å². The van der Waals surface area contributed by atoms with Gasteiger partial charge in [-0.25, -0.2) is 19.7 Å². The highest BCUT2D eigenvalue weighted by Crippen LogP contribution is 2.14. The molecule has 0 bridgehead atoms. The zero-order valence-corrected chi connectivity index (χ0v) is 17.2. The maximum absolute atomic E-state index is 10.2. The first-order valence-corrected chi connectivity index (χ1v) is 9.42. The van der Waals surface area contributed by atoms with Crippen molar-refractivity contribution in [3.8, 4) is 0 Å². The molecular weight excluding hydrogens is 392 g/mol. The van der Waals surface area contributed by atoms with Crippen LogP contribution in [0.3, 0.4) is 0 Å². The number of aromatic amines is 1. The summed E-state index contributed by atoms with van der Waals surface area (Å²) in [6.45, 7) is 7.25. The normalized spacial score (nSPS) is 12.2. The summed E-state index contributed by atoms with van der Waals surface area (Å²) < 4.78 is 1.76. The molecule has 12 heteroatoms. The number of nitrogens with one attached hydrogen (secondary N) is 1. The summed E-state index contributed by atoms with van der Waals surface area (Å²) >= 11 is 0. The Kier molecular flexibility index (Phi) is 8.21. The van der Waals surface area contributed by atoms with Crippen molar-refractivity contribution in [2.24, 2.45) is 0 Å². The van der Waals surface area contributed by atoms with E-state index in [1.165, 1.54) is 12.4 Å². The molecule has 0 fully saturated rings. The maximum atomic E-state index is 10.2. The predicted octanol–water partition coefficient (Wildman–Crippen LogP) is -0.112. The van der Waals surface area contributed by atoms with Crippen molar-refractivity contribution in [2.75, 3.05) is 25.4 Å². The van der Waals surface area contributed by atoms with Crippen molar-refractivity contribution < 1.29 is 20.1 Å². The molecule has 0 saturated heterocycles. The van der Waals surface area contributed by atoms with E-state index in [0.717, 1.165) is 5.69 Å². The summed E-state index contributed by atoms with van der Waals surface area (Å²) in [5, 5.41) is 33.6. The second kappa shape index (κ2) is 10.6. The van der Waals surface area contributed by atoms with Crippen molar-refractivity contribution >= 4 is 23.0 Å². The fraction of sp³-hybridized carbons (Fsp3) is 0.500. The van der Waals surface area contributed by atoms with Crippen LogP contribution in [0, 0.1) is 6.92 Å². The summed E-state index contributed by atoms with van der Waals surface area (Å²) in [4.78, 5) is 24.4. The number of imidazole rings is 1. The van der Waals surface area contributed by atoms with Crippen LogP contribution in [0.1, 0.15) is 30.0 Å². The SMILES string of the molecule is CC(C)N(CCO)CC(O)Cn1cnc2c(N)ncnc21.Cc1cc(C(=O)O)n[nH]1. The molecule has 3 aromatic heterocycles. The van der Waals surface area contributed by atoms with Crippen LogP contribution in [0.2, 0.25) is 0 Å². The molecule has 12 nitrogen and oxygen atoms in total. The Morgan fingerprint density at radius 3 is 2.60 bits per heavy atom. The molecule has 0 aliphatic heterocycles. The molecule has 0 aliphatic rings. The number of H-pyrrole nitrogens is 1. The van der Waals surface area contributed by atoms with Crippen LogP contribution in [0.15, 0.2) is 18.7 Å². The van der Waals surface area contributed by atoms with Crippen molar-refractivity contribution in [2.45, 2.75) is 39.5 Å². The van der Waals surface area contributed by atoms with E-state index in [-0.39, 0.29) is 18.3 Å². The van der Waals surface area contributed by atoms with Gasteiger partial charge in [0, 0.05) is 24.8 Å². The fourth-order valence-corrected chi connectivity index (χ4v) is 2.80. The lowest BCUT2D eigenvalue weighted by Gasteiger charge is -2.28. The predicted molar refractivity (Wildman–Crippen MR) is 110 cm³/mol. The molecule has 0 aliphatic carbocycles. The number of hydrogen-bond donors (Lipinski definition) is 5. The molecule has 3 rings (SSSR count). The molecule has 0 aromatic carbocycles. The Labute approximate surface area is 173 Å². The van der Waals surface area contributed by atoms with Crippen LogP contribution in [0.4, 0.5) is 5.82 Å². The summed E-state index contributed by atoms with van der Waals surface area (Å²) in [5.74, 6) is -0.670. The largest absolute Gasteiger partial charge is 0.476 e. The van der Waals surface area contributed by atoms with Gasteiger partial charge in [0.2, 0.25) is 0 Å². The standard InChI is InChI=1S/C13H22N6O2.C5H6N2O2/c1-9(2)18(3-4-20)5-10(21)6-19-8-17-11-12(14)15-7-16-13(11)19;1-3-2-4(5(8)9)7-6-3/h7-10,20-21H,3-6H2,1-2H3,(H2,14,15,16);2H,1H3,(H,6,7)(H,8,9). The molecule has 1 atom stereocenters. The van der Waals surface area contributed by atoms with Crippen LogP contribution < -0.4 is 5.73 Å². The number of nitrogens with two attached hydrogens (primary N) is 1. The quantitative estimate of drug-likeness (QED) is 0.330. The van der Waals surface area contributed by atoms with E-state index in [1.54, 1.807) is 17.8 Å². The third kappa shape index (κ3) is 6.20. The summed E-state index contributed by atoms with van der Waals surface area (Å²) in [6.07, 6.45) is 2.39. The number of rotatable bonds is 8. The number of carboxylic acids is 1. The van der Waals surface area contributed by atoms with E-state index in [1.807, 2.05) is 18.7 Å². The van der Waals surface area contributed by atoms with Gasteiger partial charge >= 0.3 is 5.97 Å². The zero-order valence-electron chi connectivity index (χ0n) is 17.2.